The number of urea groups is 1. The van der Waals surface area contributed by atoms with Crippen molar-refractivity contribution in [2.75, 3.05) is 13.1 Å². The van der Waals surface area contributed by atoms with Crippen LogP contribution in [0.2, 0.25) is 0 Å². The fraction of sp³-hybridized carbons (Fsp3) is 0.462. The Balaban J connectivity index is 1.83. The van der Waals surface area contributed by atoms with Crippen LogP contribution in [0, 0.1) is 5.92 Å². The number of carboxylic acid groups (broad SMARTS) is 1. The third kappa shape index (κ3) is 3.01. The van der Waals surface area contributed by atoms with Crippen molar-refractivity contribution < 1.29 is 14.7 Å². The molecule has 0 atom stereocenters. The Kier molecular flexibility index (Phi) is 3.99. The molecule has 1 fully saturated rings. The molecule has 6 heteroatoms. The zero-order valence-electron chi connectivity index (χ0n) is 10.8. The van der Waals surface area contributed by atoms with E-state index in [0.717, 1.165) is 17.7 Å². The lowest BCUT2D eigenvalue weighted by molar-refractivity contribution is -0.146. The number of hydrogen-bond acceptors (Lipinski definition) is 3. The van der Waals surface area contributed by atoms with Crippen LogP contribution < -0.4 is 5.32 Å². The van der Waals surface area contributed by atoms with Gasteiger partial charge in [0.25, 0.3) is 0 Å². The van der Waals surface area contributed by atoms with Gasteiger partial charge >= 0.3 is 12.0 Å². The average Bonchev–Trinajstić information content (AvgIpc) is 2.34. The van der Waals surface area contributed by atoms with E-state index in [2.05, 4.69) is 10.3 Å². The standard InChI is InChI=1S/C13H17N3O3/c1-2-9-4-3-5-14-11(9)6-15-13(19)16-7-10(8-16)12(17)18/h3-5,10H,2,6-8H2,1H3,(H,15,19)(H,17,18). The minimum absolute atomic E-state index is 0.231. The molecule has 0 radical (unpaired) electrons. The van der Waals surface area contributed by atoms with E-state index in [-0.39, 0.29) is 19.1 Å². The molecule has 0 aliphatic carbocycles. The Morgan fingerprint density at radius 3 is 2.89 bits per heavy atom. The molecule has 1 aliphatic heterocycles. The predicted molar refractivity (Wildman–Crippen MR) is 68.5 cm³/mol. The Morgan fingerprint density at radius 1 is 1.53 bits per heavy atom. The van der Waals surface area contributed by atoms with Crippen LogP contribution in [0.15, 0.2) is 18.3 Å². The monoisotopic (exact) mass is 263 g/mol. The smallest absolute Gasteiger partial charge is 0.317 e. The summed E-state index contributed by atoms with van der Waals surface area (Å²) < 4.78 is 0. The second-order valence-electron chi connectivity index (χ2n) is 4.56. The molecular formula is C13H17N3O3. The topological polar surface area (TPSA) is 82.5 Å². The van der Waals surface area contributed by atoms with Gasteiger partial charge in [0.2, 0.25) is 0 Å². The molecule has 0 bridgehead atoms. The Labute approximate surface area is 111 Å². The van der Waals surface area contributed by atoms with Gasteiger partial charge in [0, 0.05) is 19.3 Å². The lowest BCUT2D eigenvalue weighted by atomic mass is 10.0. The van der Waals surface area contributed by atoms with Crippen LogP contribution in [-0.2, 0) is 17.8 Å². The lowest BCUT2D eigenvalue weighted by Gasteiger charge is -2.36. The maximum Gasteiger partial charge on any atom is 0.317 e. The Bertz CT molecular complexity index is 484. The molecule has 19 heavy (non-hydrogen) atoms. The normalized spacial score (nSPS) is 14.9. The minimum atomic E-state index is -0.845. The first kappa shape index (κ1) is 13.3. The highest BCUT2D eigenvalue weighted by Gasteiger charge is 2.35. The number of amides is 2. The molecule has 0 spiro atoms. The number of rotatable bonds is 4. The zero-order chi connectivity index (χ0) is 13.8. The molecule has 2 rings (SSSR count). The van der Waals surface area contributed by atoms with Gasteiger partial charge in [-0.1, -0.05) is 13.0 Å². The number of likely N-dealkylation sites (tertiary alicyclic amines) is 1. The van der Waals surface area contributed by atoms with Crippen molar-refractivity contribution in [2.45, 2.75) is 19.9 Å². The molecule has 102 valence electrons. The summed E-state index contributed by atoms with van der Waals surface area (Å²) in [4.78, 5) is 28.1. The molecule has 1 saturated heterocycles. The van der Waals surface area contributed by atoms with Gasteiger partial charge in [0.05, 0.1) is 18.2 Å². The number of aliphatic carboxylic acids is 1. The van der Waals surface area contributed by atoms with E-state index in [1.807, 2.05) is 19.1 Å². The summed E-state index contributed by atoms with van der Waals surface area (Å²) in [6.45, 7) is 2.97. The van der Waals surface area contributed by atoms with Gasteiger partial charge < -0.3 is 15.3 Å². The second kappa shape index (κ2) is 5.69. The third-order valence-electron chi connectivity index (χ3n) is 3.29. The van der Waals surface area contributed by atoms with Gasteiger partial charge in [-0.25, -0.2) is 4.79 Å². The summed E-state index contributed by atoms with van der Waals surface area (Å²) >= 11 is 0. The van der Waals surface area contributed by atoms with Crippen molar-refractivity contribution >= 4 is 12.0 Å². The van der Waals surface area contributed by atoms with Crippen molar-refractivity contribution in [3.05, 3.63) is 29.6 Å². The quantitative estimate of drug-likeness (QED) is 0.844. The van der Waals surface area contributed by atoms with Crippen LogP contribution in [0.25, 0.3) is 0 Å². The van der Waals surface area contributed by atoms with Crippen LogP contribution in [0.4, 0.5) is 4.79 Å². The van der Waals surface area contributed by atoms with Gasteiger partial charge in [-0.2, -0.15) is 0 Å². The number of pyridine rings is 1. The Hall–Kier alpha value is -2.11. The maximum absolute atomic E-state index is 11.8. The number of aryl methyl sites for hydroxylation is 1. The molecule has 0 saturated carbocycles. The lowest BCUT2D eigenvalue weighted by Crippen LogP contribution is -2.56. The maximum atomic E-state index is 11.8. The predicted octanol–water partition coefficient (Wildman–Crippen LogP) is 0.870. The molecule has 6 nitrogen and oxygen atoms in total. The first-order chi connectivity index (χ1) is 9.11. The molecule has 1 aliphatic rings. The molecular weight excluding hydrogens is 246 g/mol. The van der Waals surface area contributed by atoms with Crippen LogP contribution in [-0.4, -0.2) is 40.1 Å². The summed E-state index contributed by atoms with van der Waals surface area (Å²) in [5, 5.41) is 11.5. The first-order valence-electron chi connectivity index (χ1n) is 6.30. The summed E-state index contributed by atoms with van der Waals surface area (Å²) in [5.41, 5.74) is 1.96. The fourth-order valence-electron chi connectivity index (χ4n) is 2.02. The van der Waals surface area contributed by atoms with Crippen molar-refractivity contribution in [1.29, 1.82) is 0 Å². The molecule has 2 N–H and O–H groups in total. The number of nitrogens with one attached hydrogen (secondary N) is 1. The highest BCUT2D eigenvalue weighted by atomic mass is 16.4. The zero-order valence-corrected chi connectivity index (χ0v) is 10.8. The van der Waals surface area contributed by atoms with Gasteiger partial charge in [0.1, 0.15) is 0 Å². The number of carbonyl (C=O) groups excluding carboxylic acids is 1. The van der Waals surface area contributed by atoms with Crippen molar-refractivity contribution in [1.82, 2.24) is 15.2 Å². The number of carboxylic acids is 1. The van der Waals surface area contributed by atoms with Gasteiger partial charge in [-0.15, -0.1) is 0 Å². The van der Waals surface area contributed by atoms with Crippen LogP contribution in [0.5, 0.6) is 0 Å². The number of carbonyl (C=O) groups is 2. The molecule has 0 aromatic carbocycles. The minimum Gasteiger partial charge on any atom is -0.481 e. The highest BCUT2D eigenvalue weighted by Crippen LogP contribution is 2.15. The summed E-state index contributed by atoms with van der Waals surface area (Å²) in [6, 6.07) is 3.63. The molecule has 0 unspecified atom stereocenters. The van der Waals surface area contributed by atoms with Crippen LogP contribution >= 0.6 is 0 Å². The summed E-state index contributed by atoms with van der Waals surface area (Å²) in [5.74, 6) is -1.27. The molecule has 2 amide bonds. The number of aromatic nitrogens is 1. The van der Waals surface area contributed by atoms with Crippen molar-refractivity contribution in [3.63, 3.8) is 0 Å². The van der Waals surface area contributed by atoms with Crippen molar-refractivity contribution in [3.8, 4) is 0 Å². The fourth-order valence-corrected chi connectivity index (χ4v) is 2.02. The van der Waals surface area contributed by atoms with E-state index in [1.54, 1.807) is 6.20 Å². The van der Waals surface area contributed by atoms with Gasteiger partial charge in [-0.3, -0.25) is 9.78 Å². The first-order valence-corrected chi connectivity index (χ1v) is 6.30. The summed E-state index contributed by atoms with van der Waals surface area (Å²) in [7, 11) is 0. The van der Waals surface area contributed by atoms with Gasteiger partial charge in [0.15, 0.2) is 0 Å². The van der Waals surface area contributed by atoms with E-state index in [1.165, 1.54) is 4.90 Å². The summed E-state index contributed by atoms with van der Waals surface area (Å²) in [6.07, 6.45) is 2.56. The highest BCUT2D eigenvalue weighted by molar-refractivity contribution is 5.79. The van der Waals surface area contributed by atoms with Gasteiger partial charge in [-0.05, 0) is 18.1 Å². The Morgan fingerprint density at radius 2 is 2.26 bits per heavy atom. The SMILES string of the molecule is CCc1cccnc1CNC(=O)N1CC(C(=O)O)C1. The molecule has 1 aromatic rings. The molecule has 2 heterocycles. The van der Waals surface area contributed by atoms with Crippen LogP contribution in [0.1, 0.15) is 18.2 Å². The van der Waals surface area contributed by atoms with Crippen molar-refractivity contribution in [2.24, 2.45) is 5.92 Å². The molecule has 1 aromatic heterocycles. The van der Waals surface area contributed by atoms with E-state index in [0.29, 0.717) is 6.54 Å². The van der Waals surface area contributed by atoms with E-state index in [4.69, 9.17) is 5.11 Å². The van der Waals surface area contributed by atoms with Crippen LogP contribution in [0.3, 0.4) is 0 Å². The second-order valence-corrected chi connectivity index (χ2v) is 4.56. The van der Waals surface area contributed by atoms with E-state index >= 15 is 0 Å². The van der Waals surface area contributed by atoms with E-state index in [9.17, 15) is 9.59 Å². The number of nitrogens with zero attached hydrogens (tertiary/aromatic N) is 2. The number of hydrogen-bond donors (Lipinski definition) is 2. The average molecular weight is 263 g/mol. The largest absolute Gasteiger partial charge is 0.481 e. The third-order valence-corrected chi connectivity index (χ3v) is 3.29. The van der Waals surface area contributed by atoms with E-state index < -0.39 is 11.9 Å².